The van der Waals surface area contributed by atoms with Crippen molar-refractivity contribution >= 4 is 28.8 Å². The normalized spacial score (nSPS) is 20.7. The van der Waals surface area contributed by atoms with Crippen LogP contribution in [0.4, 0.5) is 0 Å². The summed E-state index contributed by atoms with van der Waals surface area (Å²) in [5, 5.41) is 13.2. The van der Waals surface area contributed by atoms with E-state index in [1.165, 1.54) is 11.3 Å². The first kappa shape index (κ1) is 25.4. The summed E-state index contributed by atoms with van der Waals surface area (Å²) in [7, 11) is 0. The largest absolute Gasteiger partial charge is 0.507 e. The molecule has 1 amide bonds. The van der Waals surface area contributed by atoms with Crippen molar-refractivity contribution in [3.63, 3.8) is 0 Å². The van der Waals surface area contributed by atoms with Crippen molar-refractivity contribution in [2.24, 2.45) is 5.92 Å². The fourth-order valence-electron chi connectivity index (χ4n) is 4.51. The third-order valence-corrected chi connectivity index (χ3v) is 7.27. The Morgan fingerprint density at radius 1 is 1.20 bits per heavy atom. The molecule has 1 N–H and O–H groups in total. The van der Waals surface area contributed by atoms with Gasteiger partial charge in [0.05, 0.1) is 31.4 Å². The first-order valence-electron chi connectivity index (χ1n) is 12.2. The van der Waals surface area contributed by atoms with E-state index >= 15 is 0 Å². The third kappa shape index (κ3) is 5.77. The number of hydrogen-bond donors (Lipinski definition) is 1. The Morgan fingerprint density at radius 2 is 1.97 bits per heavy atom. The van der Waals surface area contributed by atoms with Crippen molar-refractivity contribution in [2.45, 2.75) is 33.2 Å². The van der Waals surface area contributed by atoms with E-state index < -0.39 is 17.7 Å². The highest BCUT2D eigenvalue weighted by atomic mass is 32.1. The lowest BCUT2D eigenvalue weighted by atomic mass is 9.98. The van der Waals surface area contributed by atoms with E-state index in [4.69, 9.17) is 9.47 Å². The molecule has 0 bridgehead atoms. The summed E-state index contributed by atoms with van der Waals surface area (Å²) >= 11 is 1.48. The number of nitrogens with zero attached hydrogens (tertiary/aromatic N) is 2. The summed E-state index contributed by atoms with van der Waals surface area (Å²) in [6.07, 6.45) is 0.746. The van der Waals surface area contributed by atoms with Crippen molar-refractivity contribution in [3.8, 4) is 5.75 Å². The van der Waals surface area contributed by atoms with Gasteiger partial charge in [0, 0.05) is 36.6 Å². The third-order valence-electron chi connectivity index (χ3n) is 6.35. The number of thiophene rings is 1. The van der Waals surface area contributed by atoms with E-state index in [9.17, 15) is 14.7 Å². The average molecular weight is 499 g/mol. The predicted molar refractivity (Wildman–Crippen MR) is 137 cm³/mol. The van der Waals surface area contributed by atoms with Crippen molar-refractivity contribution in [1.29, 1.82) is 0 Å². The lowest BCUT2D eigenvalue weighted by Gasteiger charge is -2.28. The number of rotatable bonds is 9. The minimum atomic E-state index is -0.634. The van der Waals surface area contributed by atoms with Gasteiger partial charge >= 0.3 is 0 Å². The molecule has 1 atom stereocenters. The molecule has 0 spiro atoms. The van der Waals surface area contributed by atoms with E-state index in [1.807, 2.05) is 36.6 Å². The second-order valence-electron chi connectivity index (χ2n) is 9.50. The molecule has 0 saturated carbocycles. The summed E-state index contributed by atoms with van der Waals surface area (Å²) < 4.78 is 11.3. The first-order chi connectivity index (χ1) is 16.9. The van der Waals surface area contributed by atoms with E-state index in [2.05, 4.69) is 18.7 Å². The molecule has 35 heavy (non-hydrogen) atoms. The summed E-state index contributed by atoms with van der Waals surface area (Å²) in [6.45, 7) is 11.2. The number of hydrogen-bond acceptors (Lipinski definition) is 7. The maximum atomic E-state index is 13.2. The molecule has 2 fully saturated rings. The second kappa shape index (κ2) is 11.4. The fraction of sp³-hybridized carbons (Fsp3) is 0.481. The Hall–Kier alpha value is -2.68. The molecule has 1 aromatic carbocycles. The van der Waals surface area contributed by atoms with Crippen LogP contribution in [0.1, 0.15) is 42.3 Å². The maximum Gasteiger partial charge on any atom is 0.295 e. The number of carbonyl (C=O) groups excluding carboxylic acids is 2. The summed E-state index contributed by atoms with van der Waals surface area (Å²) in [4.78, 5) is 31.1. The highest BCUT2D eigenvalue weighted by Gasteiger charge is 2.46. The Balaban J connectivity index is 1.60. The van der Waals surface area contributed by atoms with Gasteiger partial charge < -0.3 is 19.5 Å². The van der Waals surface area contributed by atoms with Crippen molar-refractivity contribution in [3.05, 3.63) is 57.3 Å². The Labute approximate surface area is 210 Å². The number of amides is 1. The number of ketones is 1. The van der Waals surface area contributed by atoms with Gasteiger partial charge in [-0.1, -0.05) is 19.9 Å². The van der Waals surface area contributed by atoms with Crippen LogP contribution in [0.5, 0.6) is 5.75 Å². The lowest BCUT2D eigenvalue weighted by molar-refractivity contribution is -0.140. The molecule has 4 rings (SSSR count). The quantitative estimate of drug-likeness (QED) is 0.317. The van der Waals surface area contributed by atoms with Crippen molar-refractivity contribution in [2.75, 3.05) is 46.0 Å². The zero-order valence-corrected chi connectivity index (χ0v) is 21.5. The van der Waals surface area contributed by atoms with Gasteiger partial charge in [-0.3, -0.25) is 14.5 Å². The molecule has 0 aliphatic carbocycles. The van der Waals surface area contributed by atoms with E-state index in [0.717, 1.165) is 55.5 Å². The minimum absolute atomic E-state index is 0.143. The van der Waals surface area contributed by atoms with Crippen LogP contribution in [-0.2, 0) is 14.3 Å². The van der Waals surface area contributed by atoms with Gasteiger partial charge in [-0.15, -0.1) is 11.3 Å². The lowest BCUT2D eigenvalue weighted by Crippen LogP contribution is -2.38. The molecule has 7 nitrogen and oxygen atoms in total. The topological polar surface area (TPSA) is 79.3 Å². The van der Waals surface area contributed by atoms with Crippen LogP contribution in [-0.4, -0.2) is 72.6 Å². The number of benzene rings is 1. The number of likely N-dealkylation sites (tertiary alicyclic amines) is 1. The average Bonchev–Trinajstić information content (AvgIpc) is 3.46. The molecule has 0 unspecified atom stereocenters. The summed E-state index contributed by atoms with van der Waals surface area (Å²) in [5.41, 5.74) is 1.52. The number of carbonyl (C=O) groups is 2. The number of ether oxygens (including phenoxy) is 2. The Bertz CT molecular complexity index is 1070. The van der Waals surface area contributed by atoms with Crippen molar-refractivity contribution < 1.29 is 24.2 Å². The van der Waals surface area contributed by atoms with Gasteiger partial charge in [0.2, 0.25) is 0 Å². The highest BCUT2D eigenvalue weighted by Crippen LogP contribution is 2.41. The molecular weight excluding hydrogens is 464 g/mol. The molecule has 2 aliphatic rings. The molecule has 2 aromatic rings. The maximum absolute atomic E-state index is 13.2. The standard InChI is InChI=1S/C27H34N2O5S/c1-18(2)17-34-21-8-7-20(16-19(21)3)25(30)23-24(22-6-4-15-35-22)29(27(32)26(23)31)10-5-9-28-11-13-33-14-12-28/h4,6-8,15-16,18,24,30H,5,9-14,17H2,1-3H3/b25-23+/t24-/m1/s1. The molecule has 0 radical (unpaired) electrons. The van der Waals surface area contributed by atoms with Gasteiger partial charge in [0.25, 0.3) is 11.7 Å². The highest BCUT2D eigenvalue weighted by molar-refractivity contribution is 7.10. The van der Waals surface area contributed by atoms with Crippen LogP contribution in [0.15, 0.2) is 41.3 Å². The van der Waals surface area contributed by atoms with Gasteiger partial charge in [0.1, 0.15) is 11.5 Å². The molecule has 2 aliphatic heterocycles. The molecule has 2 saturated heterocycles. The van der Waals surface area contributed by atoms with Gasteiger partial charge in [-0.25, -0.2) is 0 Å². The number of aliphatic hydroxyl groups excluding tert-OH is 1. The number of aliphatic hydroxyl groups is 1. The van der Waals surface area contributed by atoms with Crippen molar-refractivity contribution in [1.82, 2.24) is 9.80 Å². The van der Waals surface area contributed by atoms with E-state index in [1.54, 1.807) is 11.0 Å². The fourth-order valence-corrected chi connectivity index (χ4v) is 5.36. The zero-order chi connectivity index (χ0) is 24.9. The van der Waals surface area contributed by atoms with Crippen LogP contribution in [0.3, 0.4) is 0 Å². The summed E-state index contributed by atoms with van der Waals surface area (Å²) in [5.74, 6) is -0.192. The van der Waals surface area contributed by atoms with Crippen LogP contribution in [0, 0.1) is 12.8 Å². The monoisotopic (exact) mass is 498 g/mol. The Kier molecular flexibility index (Phi) is 8.26. The SMILES string of the molecule is Cc1cc(/C(O)=C2\C(=O)C(=O)N(CCCN3CCOCC3)[C@@H]2c2cccs2)ccc1OCC(C)C. The number of morpholine rings is 1. The second-order valence-corrected chi connectivity index (χ2v) is 10.5. The van der Waals surface area contributed by atoms with Gasteiger partial charge in [0.15, 0.2) is 0 Å². The van der Waals surface area contributed by atoms with Crippen LogP contribution >= 0.6 is 11.3 Å². The molecule has 8 heteroatoms. The predicted octanol–water partition coefficient (Wildman–Crippen LogP) is 4.24. The van der Waals surface area contributed by atoms with Crippen LogP contribution in [0.2, 0.25) is 0 Å². The van der Waals surface area contributed by atoms with Gasteiger partial charge in [-0.2, -0.15) is 0 Å². The van der Waals surface area contributed by atoms with E-state index in [0.29, 0.717) is 24.6 Å². The Morgan fingerprint density at radius 3 is 2.63 bits per heavy atom. The smallest absolute Gasteiger partial charge is 0.295 e. The number of aryl methyl sites for hydroxylation is 1. The summed E-state index contributed by atoms with van der Waals surface area (Å²) in [6, 6.07) is 8.59. The molecule has 3 heterocycles. The van der Waals surface area contributed by atoms with E-state index in [-0.39, 0.29) is 11.3 Å². The zero-order valence-electron chi connectivity index (χ0n) is 20.7. The van der Waals surface area contributed by atoms with Gasteiger partial charge in [-0.05, 0) is 54.5 Å². The first-order valence-corrected chi connectivity index (χ1v) is 13.1. The molecular formula is C27H34N2O5S. The van der Waals surface area contributed by atoms with Crippen LogP contribution in [0.25, 0.3) is 5.76 Å². The molecule has 1 aromatic heterocycles. The minimum Gasteiger partial charge on any atom is -0.507 e. The molecule has 188 valence electrons. The number of Topliss-reactive ketones (excluding diaryl/α,β-unsaturated/α-hetero) is 1. The van der Waals surface area contributed by atoms with Crippen LogP contribution < -0.4 is 4.74 Å².